The highest BCUT2D eigenvalue weighted by Crippen LogP contribution is 2.19. The molecule has 2 N–H and O–H groups in total. The van der Waals surface area contributed by atoms with Crippen LogP contribution in [0.2, 0.25) is 0 Å². The number of halogens is 2. The van der Waals surface area contributed by atoms with E-state index < -0.39 is 0 Å². The molecule has 1 heterocycles. The number of aliphatic imine (C=N–C) groups is 1. The Labute approximate surface area is 184 Å². The Kier molecular flexibility index (Phi) is 11.7. The van der Waals surface area contributed by atoms with Crippen LogP contribution in [-0.2, 0) is 6.54 Å². The fourth-order valence-corrected chi connectivity index (χ4v) is 3.02. The van der Waals surface area contributed by atoms with E-state index in [-0.39, 0.29) is 42.4 Å². The average molecular weight is 499 g/mol. The molecule has 0 bridgehead atoms. The van der Waals surface area contributed by atoms with Gasteiger partial charge in [0.2, 0.25) is 0 Å². The van der Waals surface area contributed by atoms with Crippen molar-refractivity contribution < 1.29 is 4.39 Å². The van der Waals surface area contributed by atoms with E-state index in [1.165, 1.54) is 11.6 Å². The molecule has 1 aromatic heterocycles. The van der Waals surface area contributed by atoms with Crippen LogP contribution in [0.1, 0.15) is 38.1 Å². The second-order valence-corrected chi connectivity index (χ2v) is 6.16. The third-order valence-corrected chi connectivity index (χ3v) is 4.47. The molecule has 0 aliphatic rings. The Balaban J connectivity index is 0.00000392. The molecule has 5 nitrogen and oxygen atoms in total. The van der Waals surface area contributed by atoms with Gasteiger partial charge in [0.25, 0.3) is 0 Å². The summed E-state index contributed by atoms with van der Waals surface area (Å²) in [7, 11) is 0. The van der Waals surface area contributed by atoms with Gasteiger partial charge in [-0.2, -0.15) is 0 Å². The summed E-state index contributed by atoms with van der Waals surface area (Å²) < 4.78 is 13.8. The Bertz CT molecular complexity index is 707. The van der Waals surface area contributed by atoms with Gasteiger partial charge in [0.05, 0.1) is 18.3 Å². The molecule has 0 radical (unpaired) electrons. The van der Waals surface area contributed by atoms with Crippen LogP contribution in [-0.4, -0.2) is 42.0 Å². The first-order chi connectivity index (χ1) is 13.2. The summed E-state index contributed by atoms with van der Waals surface area (Å²) in [5.74, 6) is 0.332. The molecule has 1 unspecified atom stereocenters. The van der Waals surface area contributed by atoms with Gasteiger partial charge < -0.3 is 10.6 Å². The van der Waals surface area contributed by atoms with Gasteiger partial charge in [-0.15, -0.1) is 24.0 Å². The monoisotopic (exact) mass is 499 g/mol. The molecular weight excluding hydrogens is 468 g/mol. The van der Waals surface area contributed by atoms with Gasteiger partial charge in [-0.3, -0.25) is 9.88 Å². The van der Waals surface area contributed by atoms with Crippen LogP contribution in [0, 0.1) is 5.82 Å². The fourth-order valence-electron chi connectivity index (χ4n) is 3.02. The third kappa shape index (κ3) is 7.35. The zero-order valence-electron chi connectivity index (χ0n) is 16.9. The van der Waals surface area contributed by atoms with Crippen molar-refractivity contribution in [2.24, 2.45) is 4.99 Å². The summed E-state index contributed by atoms with van der Waals surface area (Å²) in [6.45, 7) is 9.92. The lowest BCUT2D eigenvalue weighted by Crippen LogP contribution is -2.43. The minimum Gasteiger partial charge on any atom is -0.357 e. The molecule has 7 heteroatoms. The van der Waals surface area contributed by atoms with Gasteiger partial charge in [-0.1, -0.05) is 44.2 Å². The maximum absolute atomic E-state index is 13.8. The Hall–Kier alpha value is -1.74. The Morgan fingerprint density at radius 3 is 2.39 bits per heavy atom. The molecular formula is C21H31FIN5. The van der Waals surface area contributed by atoms with Crippen LogP contribution in [0.15, 0.2) is 53.7 Å². The molecule has 0 saturated heterocycles. The molecule has 0 aliphatic heterocycles. The second-order valence-electron chi connectivity index (χ2n) is 6.16. The van der Waals surface area contributed by atoms with Gasteiger partial charge in [0.15, 0.2) is 5.96 Å². The molecule has 28 heavy (non-hydrogen) atoms. The molecule has 0 saturated carbocycles. The van der Waals surface area contributed by atoms with Crippen molar-refractivity contribution in [3.8, 4) is 0 Å². The maximum Gasteiger partial charge on any atom is 0.191 e. The van der Waals surface area contributed by atoms with E-state index in [2.05, 4.69) is 63.6 Å². The Morgan fingerprint density at radius 2 is 1.79 bits per heavy atom. The summed E-state index contributed by atoms with van der Waals surface area (Å²) >= 11 is 0. The van der Waals surface area contributed by atoms with Crippen molar-refractivity contribution in [1.29, 1.82) is 0 Å². The fraction of sp³-hybridized carbons (Fsp3) is 0.429. The number of pyridine rings is 1. The van der Waals surface area contributed by atoms with Crippen molar-refractivity contribution in [2.45, 2.75) is 33.4 Å². The van der Waals surface area contributed by atoms with Crippen LogP contribution in [0.25, 0.3) is 0 Å². The topological polar surface area (TPSA) is 52.6 Å². The van der Waals surface area contributed by atoms with Gasteiger partial charge in [0.1, 0.15) is 5.82 Å². The van der Waals surface area contributed by atoms with Crippen molar-refractivity contribution in [3.63, 3.8) is 0 Å². The smallest absolute Gasteiger partial charge is 0.191 e. The lowest BCUT2D eigenvalue weighted by molar-refractivity contribution is 0.219. The highest BCUT2D eigenvalue weighted by molar-refractivity contribution is 14.0. The number of nitrogens with one attached hydrogen (secondary N) is 2. The van der Waals surface area contributed by atoms with Crippen LogP contribution in [0.3, 0.4) is 0 Å². The van der Waals surface area contributed by atoms with Crippen molar-refractivity contribution in [1.82, 2.24) is 20.5 Å². The highest BCUT2D eigenvalue weighted by atomic mass is 127. The summed E-state index contributed by atoms with van der Waals surface area (Å²) in [5, 5.41) is 6.63. The first-order valence-corrected chi connectivity index (χ1v) is 9.60. The average Bonchev–Trinajstić information content (AvgIpc) is 2.70. The van der Waals surface area contributed by atoms with E-state index in [9.17, 15) is 4.39 Å². The zero-order valence-corrected chi connectivity index (χ0v) is 19.2. The number of rotatable bonds is 9. The molecule has 154 valence electrons. The lowest BCUT2D eigenvalue weighted by atomic mass is 10.1. The zero-order chi connectivity index (χ0) is 19.5. The number of aromatic nitrogens is 1. The molecule has 0 spiro atoms. The molecule has 2 rings (SSSR count). The molecule has 0 fully saturated rings. The van der Waals surface area contributed by atoms with Crippen LogP contribution in [0.4, 0.5) is 4.39 Å². The Morgan fingerprint density at radius 1 is 1.07 bits per heavy atom. The minimum absolute atomic E-state index is 0. The molecule has 0 amide bonds. The molecule has 0 aliphatic carbocycles. The van der Waals surface area contributed by atoms with E-state index >= 15 is 0 Å². The second kappa shape index (κ2) is 13.4. The van der Waals surface area contributed by atoms with E-state index in [0.29, 0.717) is 18.2 Å². The van der Waals surface area contributed by atoms with Gasteiger partial charge >= 0.3 is 0 Å². The summed E-state index contributed by atoms with van der Waals surface area (Å²) in [6.07, 6.45) is 1.58. The quantitative estimate of drug-likeness (QED) is 0.312. The van der Waals surface area contributed by atoms with Crippen LogP contribution < -0.4 is 10.6 Å². The minimum atomic E-state index is -0.331. The normalized spacial score (nSPS) is 12.4. The van der Waals surface area contributed by atoms with Crippen molar-refractivity contribution in [2.75, 3.05) is 26.2 Å². The largest absolute Gasteiger partial charge is 0.357 e. The van der Waals surface area contributed by atoms with E-state index in [4.69, 9.17) is 0 Å². The number of hydrogen-bond donors (Lipinski definition) is 2. The van der Waals surface area contributed by atoms with E-state index in [1.54, 1.807) is 12.3 Å². The summed E-state index contributed by atoms with van der Waals surface area (Å²) in [6, 6.07) is 13.7. The lowest BCUT2D eigenvalue weighted by Gasteiger charge is -2.30. The number of guanidine groups is 1. The van der Waals surface area contributed by atoms with Gasteiger partial charge in [-0.25, -0.2) is 9.38 Å². The van der Waals surface area contributed by atoms with Gasteiger partial charge in [-0.05, 0) is 37.7 Å². The number of benzene rings is 1. The SMILES string of the molecule is CCNC(=NCc1ncccc1F)NCC(c1ccccc1)N(CC)CC.I. The molecule has 1 atom stereocenters. The predicted molar refractivity (Wildman–Crippen MR) is 125 cm³/mol. The molecule has 2 aromatic rings. The third-order valence-electron chi connectivity index (χ3n) is 4.47. The standard InChI is InChI=1S/C21H30FN5.HI/c1-4-23-21(25-15-19-18(22)13-10-14-24-19)26-16-20(27(5-2)6-3)17-11-8-7-9-12-17;/h7-14,20H,4-6,15-16H2,1-3H3,(H2,23,25,26);1H. The van der Waals surface area contributed by atoms with E-state index in [0.717, 1.165) is 19.6 Å². The maximum atomic E-state index is 13.8. The number of likely N-dealkylation sites (N-methyl/N-ethyl adjacent to an activating group) is 1. The number of hydrogen-bond acceptors (Lipinski definition) is 3. The van der Waals surface area contributed by atoms with Crippen molar-refractivity contribution >= 4 is 29.9 Å². The van der Waals surface area contributed by atoms with Crippen LogP contribution >= 0.6 is 24.0 Å². The highest BCUT2D eigenvalue weighted by Gasteiger charge is 2.18. The van der Waals surface area contributed by atoms with Gasteiger partial charge in [0, 0.05) is 19.3 Å². The van der Waals surface area contributed by atoms with Crippen LogP contribution in [0.5, 0.6) is 0 Å². The first kappa shape index (κ1) is 24.3. The first-order valence-electron chi connectivity index (χ1n) is 9.60. The predicted octanol–water partition coefficient (Wildman–Crippen LogP) is 3.98. The number of nitrogens with zero attached hydrogens (tertiary/aromatic N) is 3. The summed E-state index contributed by atoms with van der Waals surface area (Å²) in [5.41, 5.74) is 1.61. The van der Waals surface area contributed by atoms with Crippen molar-refractivity contribution in [3.05, 3.63) is 65.7 Å². The molecule has 1 aromatic carbocycles. The summed E-state index contributed by atoms with van der Waals surface area (Å²) in [4.78, 5) is 11.0. The van der Waals surface area contributed by atoms with E-state index in [1.807, 2.05) is 13.0 Å².